The van der Waals surface area contributed by atoms with Gasteiger partial charge in [-0.05, 0) is 37.4 Å². The number of carbonyl (C=O) groups is 1. The van der Waals surface area contributed by atoms with Gasteiger partial charge in [-0.1, -0.05) is 18.2 Å². The average Bonchev–Trinajstić information content (AvgIpc) is 3.62. The maximum atomic E-state index is 12.6. The van der Waals surface area contributed by atoms with Crippen LogP contribution in [0.15, 0.2) is 73.3 Å². The molecule has 5 aromatic heterocycles. The largest absolute Gasteiger partial charge is 0.367 e. The number of hydrogen-bond acceptors (Lipinski definition) is 8. The standard InChI is InChI=1S/C29H26N10O/c1-38-9-11-39(12-10-38)23-7-8-31-27-25(23)34-28(35-27)24-22-14-20(16-32-26(22)37-36-24)19-13-21(17-30-15-19)33-29(40)18-5-3-2-4-6-18/h2-8,13-17H,9-12H2,1H3,(H,33,40)(H,31,34,35)(H,32,36,37). The van der Waals surface area contributed by atoms with Crippen LogP contribution in [-0.4, -0.2) is 79.2 Å². The van der Waals surface area contributed by atoms with Gasteiger partial charge in [0.1, 0.15) is 11.2 Å². The van der Waals surface area contributed by atoms with E-state index in [1.807, 2.05) is 42.6 Å². The van der Waals surface area contributed by atoms with Crippen molar-refractivity contribution in [1.29, 1.82) is 0 Å². The Hall–Kier alpha value is -5.16. The third kappa shape index (κ3) is 4.41. The summed E-state index contributed by atoms with van der Waals surface area (Å²) >= 11 is 0. The highest BCUT2D eigenvalue weighted by atomic mass is 16.1. The number of piperazine rings is 1. The number of H-pyrrole nitrogens is 2. The zero-order chi connectivity index (χ0) is 27.1. The first-order valence-corrected chi connectivity index (χ1v) is 13.1. The third-order valence-electron chi connectivity index (χ3n) is 7.21. The first-order valence-electron chi connectivity index (χ1n) is 13.1. The van der Waals surface area contributed by atoms with Gasteiger partial charge in [-0.25, -0.2) is 15.0 Å². The Labute approximate surface area is 229 Å². The van der Waals surface area contributed by atoms with Crippen molar-refractivity contribution in [3.63, 3.8) is 0 Å². The average molecular weight is 531 g/mol. The van der Waals surface area contributed by atoms with Crippen LogP contribution in [0.25, 0.3) is 44.8 Å². The van der Waals surface area contributed by atoms with Crippen LogP contribution in [0, 0.1) is 0 Å². The number of fused-ring (bicyclic) bond motifs is 2. The predicted molar refractivity (Wildman–Crippen MR) is 154 cm³/mol. The topological polar surface area (TPSA) is 132 Å². The van der Waals surface area contributed by atoms with Crippen LogP contribution < -0.4 is 10.2 Å². The highest BCUT2D eigenvalue weighted by Gasteiger charge is 2.21. The number of anilines is 2. The number of rotatable bonds is 5. The van der Waals surface area contributed by atoms with Crippen LogP contribution in [0.5, 0.6) is 0 Å². The fraction of sp³-hybridized carbons (Fsp3) is 0.172. The number of hydrogen-bond donors (Lipinski definition) is 3. The molecule has 6 heterocycles. The number of aromatic amines is 2. The predicted octanol–water partition coefficient (Wildman–Crippen LogP) is 3.96. The van der Waals surface area contributed by atoms with E-state index in [0.29, 0.717) is 28.4 Å². The Morgan fingerprint density at radius 2 is 1.75 bits per heavy atom. The first-order chi connectivity index (χ1) is 19.6. The van der Waals surface area contributed by atoms with Crippen LogP contribution in [0.2, 0.25) is 0 Å². The molecular weight excluding hydrogens is 504 g/mol. The molecule has 0 saturated carbocycles. The quantitative estimate of drug-likeness (QED) is 0.305. The van der Waals surface area contributed by atoms with Crippen LogP contribution in [0.4, 0.5) is 11.4 Å². The van der Waals surface area contributed by atoms with E-state index in [4.69, 9.17) is 4.98 Å². The molecule has 0 radical (unpaired) electrons. The number of nitrogens with zero attached hydrogens (tertiary/aromatic N) is 7. The molecule has 11 nitrogen and oxygen atoms in total. The Kier molecular flexibility index (Phi) is 5.90. The monoisotopic (exact) mass is 530 g/mol. The maximum absolute atomic E-state index is 12.6. The number of benzene rings is 1. The van der Waals surface area contributed by atoms with Crippen LogP contribution in [0.3, 0.4) is 0 Å². The van der Waals surface area contributed by atoms with Gasteiger partial charge in [-0.2, -0.15) is 5.10 Å². The molecule has 1 saturated heterocycles. The number of carbonyl (C=O) groups excluding carboxylic acids is 1. The molecule has 1 aliphatic heterocycles. The van der Waals surface area contributed by atoms with E-state index >= 15 is 0 Å². The summed E-state index contributed by atoms with van der Waals surface area (Å²) in [5.74, 6) is 0.427. The summed E-state index contributed by atoms with van der Waals surface area (Å²) < 4.78 is 0. The van der Waals surface area contributed by atoms with E-state index in [-0.39, 0.29) is 5.91 Å². The van der Waals surface area contributed by atoms with E-state index < -0.39 is 0 Å². The van der Waals surface area contributed by atoms with E-state index in [1.165, 1.54) is 0 Å². The fourth-order valence-electron chi connectivity index (χ4n) is 5.01. The molecule has 198 valence electrons. The number of amides is 1. The van der Waals surface area contributed by atoms with Gasteiger partial charge >= 0.3 is 0 Å². The minimum Gasteiger partial charge on any atom is -0.367 e. The van der Waals surface area contributed by atoms with Crippen LogP contribution in [-0.2, 0) is 0 Å². The normalized spacial score (nSPS) is 14.2. The summed E-state index contributed by atoms with van der Waals surface area (Å²) in [6.45, 7) is 3.89. The van der Waals surface area contributed by atoms with Gasteiger partial charge in [0.2, 0.25) is 0 Å². The number of aromatic nitrogens is 7. The van der Waals surface area contributed by atoms with Crippen molar-refractivity contribution in [3.8, 4) is 22.6 Å². The summed E-state index contributed by atoms with van der Waals surface area (Å²) in [6, 6.07) is 15.0. The van der Waals surface area contributed by atoms with E-state index in [9.17, 15) is 4.79 Å². The minimum absolute atomic E-state index is 0.195. The Bertz CT molecular complexity index is 1840. The Morgan fingerprint density at radius 3 is 2.60 bits per heavy atom. The second-order valence-electron chi connectivity index (χ2n) is 9.88. The molecule has 3 N–H and O–H groups in total. The molecule has 1 aliphatic rings. The fourth-order valence-corrected chi connectivity index (χ4v) is 5.01. The molecule has 1 amide bonds. The number of nitrogens with one attached hydrogen (secondary N) is 3. The molecule has 0 spiro atoms. The SMILES string of the molecule is CN1CCN(c2ccnc3[nH]c(-c4n[nH]c5ncc(-c6cncc(NC(=O)c7ccccc7)c6)cc45)nc23)CC1. The molecule has 11 heteroatoms. The number of imidazole rings is 1. The van der Waals surface area contributed by atoms with Crippen molar-refractivity contribution in [2.75, 3.05) is 43.4 Å². The lowest BCUT2D eigenvalue weighted by Crippen LogP contribution is -2.44. The van der Waals surface area contributed by atoms with Crippen molar-refractivity contribution in [2.45, 2.75) is 0 Å². The lowest BCUT2D eigenvalue weighted by atomic mass is 10.1. The summed E-state index contributed by atoms with van der Waals surface area (Å²) in [4.78, 5) is 39.1. The van der Waals surface area contributed by atoms with Gasteiger partial charge < -0.3 is 20.1 Å². The van der Waals surface area contributed by atoms with Gasteiger partial charge in [0.15, 0.2) is 17.1 Å². The van der Waals surface area contributed by atoms with E-state index in [0.717, 1.165) is 59.5 Å². The van der Waals surface area contributed by atoms with Crippen molar-refractivity contribution in [3.05, 3.63) is 78.9 Å². The van der Waals surface area contributed by atoms with E-state index in [2.05, 4.69) is 52.3 Å². The van der Waals surface area contributed by atoms with Gasteiger partial charge in [-0.15, -0.1) is 0 Å². The van der Waals surface area contributed by atoms with Gasteiger partial charge in [0, 0.05) is 61.5 Å². The molecule has 1 fully saturated rings. The third-order valence-corrected chi connectivity index (χ3v) is 7.21. The molecule has 1 aromatic carbocycles. The summed E-state index contributed by atoms with van der Waals surface area (Å²) in [6.07, 6.45) is 6.94. The van der Waals surface area contributed by atoms with Crippen LogP contribution in [0.1, 0.15) is 10.4 Å². The van der Waals surface area contributed by atoms with Gasteiger partial charge in [0.05, 0.1) is 23.0 Å². The number of likely N-dealkylation sites (N-methyl/N-ethyl adjacent to an activating group) is 1. The zero-order valence-electron chi connectivity index (χ0n) is 21.8. The summed E-state index contributed by atoms with van der Waals surface area (Å²) in [7, 11) is 2.14. The molecular formula is C29H26N10O. The second kappa shape index (κ2) is 9.86. The minimum atomic E-state index is -0.195. The first kappa shape index (κ1) is 23.9. The molecule has 0 atom stereocenters. The molecule has 0 bridgehead atoms. The summed E-state index contributed by atoms with van der Waals surface area (Å²) in [5, 5.41) is 11.3. The van der Waals surface area contributed by atoms with E-state index in [1.54, 1.807) is 30.7 Å². The van der Waals surface area contributed by atoms with Crippen LogP contribution >= 0.6 is 0 Å². The molecule has 0 aliphatic carbocycles. The molecule has 40 heavy (non-hydrogen) atoms. The second-order valence-corrected chi connectivity index (χ2v) is 9.88. The van der Waals surface area contributed by atoms with Crippen molar-refractivity contribution >= 4 is 39.5 Å². The van der Waals surface area contributed by atoms with Crippen molar-refractivity contribution < 1.29 is 4.79 Å². The zero-order valence-corrected chi connectivity index (χ0v) is 21.8. The van der Waals surface area contributed by atoms with Crippen molar-refractivity contribution in [1.82, 2.24) is 40.0 Å². The molecule has 6 aromatic rings. The lowest BCUT2D eigenvalue weighted by molar-refractivity contribution is 0.102. The van der Waals surface area contributed by atoms with Gasteiger partial charge in [-0.3, -0.25) is 14.9 Å². The maximum Gasteiger partial charge on any atom is 0.255 e. The highest BCUT2D eigenvalue weighted by molar-refractivity contribution is 6.04. The van der Waals surface area contributed by atoms with Crippen molar-refractivity contribution in [2.24, 2.45) is 0 Å². The lowest BCUT2D eigenvalue weighted by Gasteiger charge is -2.33. The Balaban J connectivity index is 1.21. The molecule has 7 rings (SSSR count). The number of pyridine rings is 3. The summed E-state index contributed by atoms with van der Waals surface area (Å²) in [5.41, 5.74) is 6.75. The molecule has 0 unspecified atom stereocenters. The van der Waals surface area contributed by atoms with Gasteiger partial charge in [0.25, 0.3) is 5.91 Å². The highest BCUT2D eigenvalue weighted by Crippen LogP contribution is 2.32. The smallest absolute Gasteiger partial charge is 0.255 e. The Morgan fingerprint density at radius 1 is 0.925 bits per heavy atom.